The van der Waals surface area contributed by atoms with Gasteiger partial charge in [0.2, 0.25) is 0 Å². The van der Waals surface area contributed by atoms with Crippen LogP contribution >= 0.6 is 11.3 Å². The summed E-state index contributed by atoms with van der Waals surface area (Å²) in [6.07, 6.45) is 0. The summed E-state index contributed by atoms with van der Waals surface area (Å²) in [5.74, 6) is 0. The van der Waals surface area contributed by atoms with Crippen LogP contribution in [0.4, 0.5) is 5.69 Å². The molecule has 0 aliphatic rings. The van der Waals surface area contributed by atoms with Crippen LogP contribution in [0.5, 0.6) is 0 Å². The second-order valence-corrected chi connectivity index (χ2v) is 7.33. The lowest BCUT2D eigenvalue weighted by Crippen LogP contribution is -2.17. The molecule has 6 nitrogen and oxygen atoms in total. The first-order valence-corrected chi connectivity index (χ1v) is 8.75. The van der Waals surface area contributed by atoms with Crippen molar-refractivity contribution in [2.75, 3.05) is 11.3 Å². The lowest BCUT2D eigenvalue weighted by atomic mass is 10.2. The molecule has 3 N–H and O–H groups in total. The number of hydrogen-bond acceptors (Lipinski definition) is 5. The fourth-order valence-corrected chi connectivity index (χ4v) is 4.27. The molecule has 0 spiro atoms. The van der Waals surface area contributed by atoms with Crippen molar-refractivity contribution in [3.63, 3.8) is 0 Å². The highest BCUT2D eigenvalue weighted by molar-refractivity contribution is 7.94. The van der Waals surface area contributed by atoms with Crippen LogP contribution in [0.2, 0.25) is 0 Å². The Morgan fingerprint density at radius 2 is 2.00 bits per heavy atom. The number of anilines is 1. The van der Waals surface area contributed by atoms with E-state index in [1.165, 1.54) is 0 Å². The number of aryl methyl sites for hydroxylation is 1. The summed E-state index contributed by atoms with van der Waals surface area (Å²) in [5.41, 5.74) is 1.71. The van der Waals surface area contributed by atoms with Crippen LogP contribution in [0, 0.1) is 6.92 Å². The van der Waals surface area contributed by atoms with Crippen LogP contribution in [-0.4, -0.2) is 19.9 Å². The molecule has 0 fully saturated rings. The normalized spacial score (nSPS) is 11.5. The number of aromatic nitrogens is 1. The van der Waals surface area contributed by atoms with Crippen molar-refractivity contribution in [1.29, 1.82) is 0 Å². The second kappa shape index (κ2) is 6.42. The van der Waals surface area contributed by atoms with Gasteiger partial charge in [0.05, 0.1) is 5.69 Å². The zero-order valence-electron chi connectivity index (χ0n) is 11.8. The molecule has 0 unspecified atom stereocenters. The first-order chi connectivity index (χ1) is 9.94. The number of benzene rings is 1. The molecule has 0 aliphatic carbocycles. The molecule has 21 heavy (non-hydrogen) atoms. The van der Waals surface area contributed by atoms with Gasteiger partial charge in [0.15, 0.2) is 4.21 Å². The van der Waals surface area contributed by atoms with E-state index in [1.807, 2.05) is 19.1 Å². The topological polar surface area (TPSA) is 91.1 Å². The molecule has 0 saturated carbocycles. The molecule has 2 aromatic rings. The summed E-state index contributed by atoms with van der Waals surface area (Å²) in [4.78, 5) is 13.4. The second-order valence-electron chi connectivity index (χ2n) is 4.47. The quantitative estimate of drug-likeness (QED) is 0.752. The van der Waals surface area contributed by atoms with Gasteiger partial charge in [0.25, 0.3) is 10.0 Å². The molecule has 114 valence electrons. The molecule has 0 radical (unpaired) electrons. The van der Waals surface area contributed by atoms with Gasteiger partial charge in [-0.05, 0) is 25.1 Å². The standard InChI is InChI=1S/C13H17N3O3S2/c1-3-14-8-10-6-4-5-7-11(10)16-21(18,19)12-9(2)15-13(17)20-12/h4-7,14,16H,3,8H2,1-2H3,(H,15,17). The molecule has 0 aliphatic heterocycles. The Balaban J connectivity index is 2.33. The Bertz CT molecular complexity index is 778. The molecule has 0 atom stereocenters. The summed E-state index contributed by atoms with van der Waals surface area (Å²) < 4.78 is 27.3. The molecule has 2 rings (SSSR count). The van der Waals surface area contributed by atoms with Crippen LogP contribution in [0.25, 0.3) is 0 Å². The third kappa shape index (κ3) is 3.72. The van der Waals surface area contributed by atoms with E-state index in [-0.39, 0.29) is 9.08 Å². The number of para-hydroxylation sites is 1. The predicted octanol–water partition coefficient (Wildman–Crippen LogP) is 1.66. The minimum Gasteiger partial charge on any atom is -0.315 e. The summed E-state index contributed by atoms with van der Waals surface area (Å²) in [6, 6.07) is 7.17. The molecule has 0 saturated heterocycles. The molecule has 0 bridgehead atoms. The fourth-order valence-electron chi connectivity index (χ4n) is 1.87. The van der Waals surface area contributed by atoms with Gasteiger partial charge in [-0.15, -0.1) is 0 Å². The van der Waals surface area contributed by atoms with Gasteiger partial charge in [0, 0.05) is 12.2 Å². The molecule has 8 heteroatoms. The Hall–Kier alpha value is -1.64. The number of H-pyrrole nitrogens is 1. The molecule has 1 aromatic heterocycles. The van der Waals surface area contributed by atoms with Crippen molar-refractivity contribution in [2.24, 2.45) is 0 Å². The van der Waals surface area contributed by atoms with Gasteiger partial charge in [-0.2, -0.15) is 0 Å². The third-order valence-electron chi connectivity index (χ3n) is 2.85. The van der Waals surface area contributed by atoms with Gasteiger partial charge in [-0.3, -0.25) is 9.52 Å². The highest BCUT2D eigenvalue weighted by Crippen LogP contribution is 2.22. The smallest absolute Gasteiger partial charge is 0.306 e. The third-order valence-corrected chi connectivity index (χ3v) is 5.82. The van der Waals surface area contributed by atoms with E-state index in [9.17, 15) is 13.2 Å². The summed E-state index contributed by atoms with van der Waals surface area (Å²) in [7, 11) is -3.76. The first kappa shape index (κ1) is 15.7. The largest absolute Gasteiger partial charge is 0.315 e. The number of nitrogens with one attached hydrogen (secondary N) is 3. The zero-order valence-corrected chi connectivity index (χ0v) is 13.4. The SMILES string of the molecule is CCNCc1ccccc1NS(=O)(=O)c1sc(=O)[nH]c1C. The van der Waals surface area contributed by atoms with Crippen LogP contribution in [0.15, 0.2) is 33.3 Å². The monoisotopic (exact) mass is 327 g/mol. The first-order valence-electron chi connectivity index (χ1n) is 6.45. The molecule has 1 heterocycles. The maximum Gasteiger partial charge on any atom is 0.306 e. The Morgan fingerprint density at radius 3 is 2.62 bits per heavy atom. The number of hydrogen-bond donors (Lipinski definition) is 3. The van der Waals surface area contributed by atoms with Crippen LogP contribution in [0.3, 0.4) is 0 Å². The van der Waals surface area contributed by atoms with E-state index in [4.69, 9.17) is 0 Å². The molecule has 1 aromatic carbocycles. The van der Waals surface area contributed by atoms with E-state index in [0.717, 1.165) is 12.1 Å². The minimum atomic E-state index is -3.76. The lowest BCUT2D eigenvalue weighted by Gasteiger charge is -2.12. The van der Waals surface area contributed by atoms with Gasteiger partial charge >= 0.3 is 4.87 Å². The molecular formula is C13H17N3O3S2. The Labute approximate surface area is 127 Å². The highest BCUT2D eigenvalue weighted by atomic mass is 32.2. The Kier molecular flexibility index (Phi) is 4.81. The zero-order chi connectivity index (χ0) is 15.5. The van der Waals surface area contributed by atoms with Gasteiger partial charge < -0.3 is 10.3 Å². The average Bonchev–Trinajstić information content (AvgIpc) is 2.77. The Morgan fingerprint density at radius 1 is 1.29 bits per heavy atom. The number of aromatic amines is 1. The van der Waals surface area contributed by atoms with E-state index >= 15 is 0 Å². The van der Waals surface area contributed by atoms with E-state index in [0.29, 0.717) is 29.3 Å². The van der Waals surface area contributed by atoms with E-state index < -0.39 is 10.0 Å². The number of sulfonamides is 1. The van der Waals surface area contributed by atoms with E-state index in [1.54, 1.807) is 19.1 Å². The van der Waals surface area contributed by atoms with Gasteiger partial charge in [-0.25, -0.2) is 8.42 Å². The van der Waals surface area contributed by atoms with Crippen molar-refractivity contribution < 1.29 is 8.42 Å². The van der Waals surface area contributed by atoms with Crippen LogP contribution < -0.4 is 14.9 Å². The molecular weight excluding hydrogens is 310 g/mol. The maximum absolute atomic E-state index is 12.4. The highest BCUT2D eigenvalue weighted by Gasteiger charge is 2.21. The van der Waals surface area contributed by atoms with Crippen molar-refractivity contribution >= 4 is 27.0 Å². The van der Waals surface area contributed by atoms with Crippen LogP contribution in [-0.2, 0) is 16.6 Å². The number of thiazole rings is 1. The number of rotatable bonds is 6. The fraction of sp³-hybridized carbons (Fsp3) is 0.308. The molecule has 0 amide bonds. The minimum absolute atomic E-state index is 0.0192. The summed E-state index contributed by atoms with van der Waals surface area (Å²) in [5, 5.41) is 3.16. The van der Waals surface area contributed by atoms with Gasteiger partial charge in [-0.1, -0.05) is 36.5 Å². The van der Waals surface area contributed by atoms with Crippen molar-refractivity contribution in [2.45, 2.75) is 24.6 Å². The lowest BCUT2D eigenvalue weighted by molar-refractivity contribution is 0.602. The average molecular weight is 327 g/mol. The summed E-state index contributed by atoms with van der Waals surface area (Å²) >= 11 is 0.687. The van der Waals surface area contributed by atoms with E-state index in [2.05, 4.69) is 15.0 Å². The van der Waals surface area contributed by atoms with Crippen molar-refractivity contribution in [3.05, 3.63) is 45.2 Å². The van der Waals surface area contributed by atoms with Gasteiger partial charge in [0.1, 0.15) is 0 Å². The predicted molar refractivity (Wildman–Crippen MR) is 84.3 cm³/mol. The van der Waals surface area contributed by atoms with Crippen molar-refractivity contribution in [1.82, 2.24) is 10.3 Å². The maximum atomic E-state index is 12.4. The van der Waals surface area contributed by atoms with Crippen LogP contribution in [0.1, 0.15) is 18.2 Å². The summed E-state index contributed by atoms with van der Waals surface area (Å²) in [6.45, 7) is 4.90. The van der Waals surface area contributed by atoms with Crippen molar-refractivity contribution in [3.8, 4) is 0 Å².